The fourth-order valence-electron chi connectivity index (χ4n) is 3.80. The van der Waals surface area contributed by atoms with Crippen LogP contribution >= 0.6 is 0 Å². The summed E-state index contributed by atoms with van der Waals surface area (Å²) in [5.41, 5.74) is 6.16. The van der Waals surface area contributed by atoms with Crippen molar-refractivity contribution in [3.8, 4) is 11.5 Å². The largest absolute Gasteiger partial charge is 0.478 e. The highest BCUT2D eigenvalue weighted by Crippen LogP contribution is 2.35. The first kappa shape index (κ1) is 20.7. The van der Waals surface area contributed by atoms with Crippen LogP contribution in [0.3, 0.4) is 0 Å². The van der Waals surface area contributed by atoms with Gasteiger partial charge in [0.15, 0.2) is 11.5 Å². The predicted molar refractivity (Wildman–Crippen MR) is 108 cm³/mol. The van der Waals surface area contributed by atoms with Crippen LogP contribution in [0.2, 0.25) is 0 Å². The van der Waals surface area contributed by atoms with Gasteiger partial charge in [-0.1, -0.05) is 25.7 Å². The molecule has 0 unspecified atom stereocenters. The highest BCUT2D eigenvalue weighted by atomic mass is 16.7. The van der Waals surface area contributed by atoms with Crippen LogP contribution in [-0.2, 0) is 0 Å². The summed E-state index contributed by atoms with van der Waals surface area (Å²) in [6.07, 6.45) is 8.71. The van der Waals surface area contributed by atoms with Crippen LogP contribution in [0.4, 0.5) is 4.79 Å². The molecule has 4 rings (SSSR count). The Bertz CT molecular complexity index is 878. The summed E-state index contributed by atoms with van der Waals surface area (Å²) in [4.78, 5) is 27.7. The zero-order chi connectivity index (χ0) is 20.8. The summed E-state index contributed by atoms with van der Waals surface area (Å²) in [6, 6.07) is 5.19. The molecule has 29 heavy (non-hydrogen) atoms. The number of aromatic carboxylic acids is 1. The van der Waals surface area contributed by atoms with Gasteiger partial charge in [-0.15, -0.1) is 0 Å². The predicted octanol–water partition coefficient (Wildman–Crippen LogP) is 3.77. The van der Waals surface area contributed by atoms with E-state index in [0.29, 0.717) is 23.1 Å². The van der Waals surface area contributed by atoms with Gasteiger partial charge < -0.3 is 25.2 Å². The molecule has 1 saturated carbocycles. The number of hydrogen-bond donors (Lipinski definition) is 2. The number of carboxylic acids is 1. The number of primary amides is 1. The molecule has 8 nitrogen and oxygen atoms in total. The molecule has 2 amide bonds. The van der Waals surface area contributed by atoms with Crippen molar-refractivity contribution in [2.75, 3.05) is 13.3 Å². The summed E-state index contributed by atoms with van der Waals surface area (Å²) < 4.78 is 10.4. The maximum Gasteiger partial charge on any atom is 0.337 e. The molecule has 1 aromatic carbocycles. The third-order valence-corrected chi connectivity index (χ3v) is 5.31. The monoisotopic (exact) mass is 401 g/mol. The van der Waals surface area contributed by atoms with Crippen molar-refractivity contribution in [2.24, 2.45) is 5.73 Å². The van der Waals surface area contributed by atoms with E-state index in [4.69, 9.17) is 20.3 Å². The van der Waals surface area contributed by atoms with Crippen LogP contribution in [0.25, 0.3) is 10.9 Å². The standard InChI is InChI=1S/C11H7NO4.C10H20N2O/c13-11(14)7-1-6-2-9-10(16-5-15-9)3-8(6)12-4-7;1-2-12(10(11)13)9-7-5-3-4-6-8-9/h1-4H,5H2,(H,13,14);9H,2-8H2,1H3,(H2,11,13). The fourth-order valence-corrected chi connectivity index (χ4v) is 3.80. The molecule has 2 aromatic rings. The average molecular weight is 401 g/mol. The van der Waals surface area contributed by atoms with Gasteiger partial charge in [-0.3, -0.25) is 4.98 Å². The van der Waals surface area contributed by atoms with E-state index < -0.39 is 5.97 Å². The normalized spacial score (nSPS) is 15.9. The van der Waals surface area contributed by atoms with E-state index in [9.17, 15) is 9.59 Å². The maximum atomic E-state index is 11.1. The number of hydrogen-bond acceptors (Lipinski definition) is 5. The van der Waals surface area contributed by atoms with Crippen molar-refractivity contribution in [3.05, 3.63) is 30.0 Å². The molecule has 2 aliphatic rings. The highest BCUT2D eigenvalue weighted by molar-refractivity contribution is 5.93. The van der Waals surface area contributed by atoms with Crippen LogP contribution in [0.5, 0.6) is 11.5 Å². The number of benzene rings is 1. The fraction of sp³-hybridized carbons (Fsp3) is 0.476. The number of urea groups is 1. The molecule has 8 heteroatoms. The molecule has 0 saturated heterocycles. The Balaban J connectivity index is 0.000000170. The Morgan fingerprint density at radius 2 is 1.79 bits per heavy atom. The van der Waals surface area contributed by atoms with Gasteiger partial charge in [0, 0.05) is 30.2 Å². The van der Waals surface area contributed by atoms with Gasteiger partial charge in [-0.05, 0) is 31.9 Å². The molecule has 2 heterocycles. The minimum atomic E-state index is -0.993. The topological polar surface area (TPSA) is 115 Å². The van der Waals surface area contributed by atoms with Crippen molar-refractivity contribution in [3.63, 3.8) is 0 Å². The van der Waals surface area contributed by atoms with Crippen LogP contribution < -0.4 is 15.2 Å². The number of nitrogens with two attached hydrogens (primary N) is 1. The molecule has 0 atom stereocenters. The third-order valence-electron chi connectivity index (χ3n) is 5.31. The highest BCUT2D eigenvalue weighted by Gasteiger charge is 2.21. The number of pyridine rings is 1. The van der Waals surface area contributed by atoms with Crippen molar-refractivity contribution < 1.29 is 24.2 Å². The minimum absolute atomic E-state index is 0.159. The number of amides is 2. The first-order valence-electron chi connectivity index (χ1n) is 9.98. The zero-order valence-corrected chi connectivity index (χ0v) is 16.6. The molecule has 1 aromatic heterocycles. The van der Waals surface area contributed by atoms with Gasteiger partial charge in [0.1, 0.15) is 0 Å². The van der Waals surface area contributed by atoms with Crippen LogP contribution in [-0.4, -0.2) is 46.4 Å². The average Bonchev–Trinajstić information content (AvgIpc) is 2.98. The van der Waals surface area contributed by atoms with Crippen molar-refractivity contribution in [1.29, 1.82) is 0 Å². The third kappa shape index (κ3) is 5.07. The lowest BCUT2D eigenvalue weighted by Gasteiger charge is -2.28. The molecule has 3 N–H and O–H groups in total. The van der Waals surface area contributed by atoms with Crippen molar-refractivity contribution >= 4 is 22.9 Å². The van der Waals surface area contributed by atoms with Gasteiger partial charge in [0.05, 0.1) is 11.1 Å². The number of ether oxygens (including phenoxy) is 2. The van der Waals surface area contributed by atoms with E-state index >= 15 is 0 Å². The first-order chi connectivity index (χ1) is 14.0. The van der Waals surface area contributed by atoms with Crippen LogP contribution in [0.1, 0.15) is 55.8 Å². The molecule has 1 aliphatic heterocycles. The van der Waals surface area contributed by atoms with Gasteiger partial charge >= 0.3 is 12.0 Å². The van der Waals surface area contributed by atoms with Crippen LogP contribution in [0.15, 0.2) is 24.4 Å². The van der Waals surface area contributed by atoms with Gasteiger partial charge in [0.2, 0.25) is 6.79 Å². The van der Waals surface area contributed by atoms with E-state index in [0.717, 1.165) is 24.8 Å². The summed E-state index contributed by atoms with van der Waals surface area (Å²) in [6.45, 7) is 2.94. The summed E-state index contributed by atoms with van der Waals surface area (Å²) in [5.74, 6) is 0.270. The first-order valence-corrected chi connectivity index (χ1v) is 9.98. The quantitative estimate of drug-likeness (QED) is 0.757. The molecular formula is C21H27N3O5. The maximum absolute atomic E-state index is 11.1. The number of aromatic nitrogens is 1. The minimum Gasteiger partial charge on any atom is -0.478 e. The van der Waals surface area contributed by atoms with Gasteiger partial charge in [-0.2, -0.15) is 0 Å². The number of carboxylic acid groups (broad SMARTS) is 1. The summed E-state index contributed by atoms with van der Waals surface area (Å²) >= 11 is 0. The number of nitrogens with zero attached hydrogens (tertiary/aromatic N) is 2. The molecule has 1 fully saturated rings. The number of carbonyl (C=O) groups excluding carboxylic acids is 1. The second-order valence-corrected chi connectivity index (χ2v) is 7.20. The molecule has 1 aliphatic carbocycles. The van der Waals surface area contributed by atoms with Gasteiger partial charge in [0.25, 0.3) is 0 Å². The SMILES string of the molecule is CCN(C(N)=O)C1CCCCCC1.O=C(O)c1cnc2cc3c(cc2c1)OCO3. The Hall–Kier alpha value is -3.03. The van der Waals surface area contributed by atoms with Gasteiger partial charge in [-0.25, -0.2) is 9.59 Å². The molecule has 0 bridgehead atoms. The lowest BCUT2D eigenvalue weighted by Crippen LogP contribution is -2.43. The van der Waals surface area contributed by atoms with Crippen molar-refractivity contribution in [2.45, 2.75) is 51.5 Å². The molecular weight excluding hydrogens is 374 g/mol. The molecule has 156 valence electrons. The Morgan fingerprint density at radius 3 is 2.38 bits per heavy atom. The van der Waals surface area contributed by atoms with E-state index in [2.05, 4.69) is 4.98 Å². The summed E-state index contributed by atoms with van der Waals surface area (Å²) in [7, 11) is 0. The van der Waals surface area contributed by atoms with E-state index in [1.54, 1.807) is 18.2 Å². The number of carbonyl (C=O) groups is 2. The van der Waals surface area contributed by atoms with E-state index in [1.807, 2.05) is 11.8 Å². The number of rotatable bonds is 3. The Kier molecular flexibility index (Phi) is 6.74. The Labute approximate surface area is 169 Å². The second kappa shape index (κ2) is 9.45. The molecule has 0 spiro atoms. The Morgan fingerprint density at radius 1 is 1.14 bits per heavy atom. The van der Waals surface area contributed by atoms with E-state index in [-0.39, 0.29) is 18.4 Å². The smallest absolute Gasteiger partial charge is 0.337 e. The molecule has 0 radical (unpaired) electrons. The van der Waals surface area contributed by atoms with Crippen molar-refractivity contribution in [1.82, 2.24) is 9.88 Å². The number of fused-ring (bicyclic) bond motifs is 2. The van der Waals surface area contributed by atoms with Crippen LogP contribution in [0, 0.1) is 0 Å². The van der Waals surface area contributed by atoms with E-state index in [1.165, 1.54) is 31.9 Å². The second-order valence-electron chi connectivity index (χ2n) is 7.20. The lowest BCUT2D eigenvalue weighted by molar-refractivity contribution is 0.0696. The summed E-state index contributed by atoms with van der Waals surface area (Å²) in [5, 5.41) is 9.57. The zero-order valence-electron chi connectivity index (χ0n) is 16.6. The lowest BCUT2D eigenvalue weighted by atomic mass is 10.1.